The first-order chi connectivity index (χ1) is 12.4. The molecule has 26 heavy (non-hydrogen) atoms. The predicted molar refractivity (Wildman–Crippen MR) is 108 cm³/mol. The zero-order valence-electron chi connectivity index (χ0n) is 15.3. The van der Waals surface area contributed by atoms with Crippen LogP contribution in [0.2, 0.25) is 0 Å². The summed E-state index contributed by atoms with van der Waals surface area (Å²) in [7, 11) is 0. The predicted octanol–water partition coefficient (Wildman–Crippen LogP) is 3.42. The highest BCUT2D eigenvalue weighted by atomic mass is 32.1. The van der Waals surface area contributed by atoms with E-state index in [4.69, 9.17) is 16.6 Å². The number of anilines is 1. The van der Waals surface area contributed by atoms with E-state index < -0.39 is 0 Å². The van der Waals surface area contributed by atoms with E-state index in [0.717, 1.165) is 40.1 Å². The van der Waals surface area contributed by atoms with E-state index in [9.17, 15) is 4.79 Å². The molecule has 2 N–H and O–H groups in total. The quantitative estimate of drug-likeness (QED) is 0.542. The van der Waals surface area contributed by atoms with Gasteiger partial charge < -0.3 is 15.1 Å². The molecule has 0 aliphatic heterocycles. The van der Waals surface area contributed by atoms with E-state index in [-0.39, 0.29) is 5.63 Å². The normalized spacial score (nSPS) is 10.9. The van der Waals surface area contributed by atoms with Gasteiger partial charge in [-0.05, 0) is 57.6 Å². The number of aryl methyl sites for hydroxylation is 3. The maximum atomic E-state index is 11.6. The van der Waals surface area contributed by atoms with E-state index in [0.29, 0.717) is 17.2 Å². The Bertz CT molecular complexity index is 1040. The van der Waals surface area contributed by atoms with Gasteiger partial charge in [0.25, 0.3) is 0 Å². The molecule has 1 aromatic carbocycles. The molecule has 6 nitrogen and oxygen atoms in total. The summed E-state index contributed by atoms with van der Waals surface area (Å²) in [6.45, 7) is 9.47. The fourth-order valence-corrected chi connectivity index (χ4v) is 3.23. The highest BCUT2D eigenvalue weighted by molar-refractivity contribution is 7.80. The number of thiocarbonyl (C=S) groups is 1. The molecule has 7 heteroatoms. The molecule has 0 aliphatic rings. The van der Waals surface area contributed by atoms with Crippen molar-refractivity contribution in [1.82, 2.24) is 15.1 Å². The minimum absolute atomic E-state index is 0.355. The summed E-state index contributed by atoms with van der Waals surface area (Å²) in [5, 5.41) is 12.3. The molecule has 2 heterocycles. The highest BCUT2D eigenvalue weighted by Gasteiger charge is 2.11. The number of hydrogen-bond donors (Lipinski definition) is 2. The van der Waals surface area contributed by atoms with E-state index in [1.54, 1.807) is 6.07 Å². The molecule has 0 radical (unpaired) electrons. The first-order valence-electron chi connectivity index (χ1n) is 8.51. The molecule has 0 bridgehead atoms. The monoisotopic (exact) mass is 370 g/mol. The van der Waals surface area contributed by atoms with Crippen LogP contribution in [0.3, 0.4) is 0 Å². The lowest BCUT2D eigenvalue weighted by atomic mass is 10.1. The summed E-state index contributed by atoms with van der Waals surface area (Å²) >= 11 is 5.39. The number of fused-ring (bicyclic) bond motifs is 1. The maximum absolute atomic E-state index is 11.6. The molecule has 0 fully saturated rings. The van der Waals surface area contributed by atoms with Gasteiger partial charge in [-0.2, -0.15) is 5.10 Å². The lowest BCUT2D eigenvalue weighted by Crippen LogP contribution is -2.28. The average molecular weight is 370 g/mol. The fourth-order valence-electron chi connectivity index (χ4n) is 3.04. The van der Waals surface area contributed by atoms with Gasteiger partial charge in [0.05, 0.1) is 5.69 Å². The summed E-state index contributed by atoms with van der Waals surface area (Å²) < 4.78 is 7.25. The van der Waals surface area contributed by atoms with Crippen LogP contribution in [0.1, 0.15) is 29.4 Å². The van der Waals surface area contributed by atoms with Gasteiger partial charge in [0.1, 0.15) is 5.58 Å². The molecular formula is C19H22N4O2S. The van der Waals surface area contributed by atoms with Crippen LogP contribution in [0.4, 0.5) is 5.69 Å². The number of benzene rings is 1. The average Bonchev–Trinajstić information content (AvgIpc) is 2.86. The van der Waals surface area contributed by atoms with E-state index in [2.05, 4.69) is 29.6 Å². The minimum atomic E-state index is -0.355. The van der Waals surface area contributed by atoms with Gasteiger partial charge in [-0.1, -0.05) is 0 Å². The van der Waals surface area contributed by atoms with Crippen LogP contribution in [-0.2, 0) is 13.1 Å². The summed E-state index contributed by atoms with van der Waals surface area (Å²) in [4.78, 5) is 11.6. The smallest absolute Gasteiger partial charge is 0.336 e. The van der Waals surface area contributed by atoms with Gasteiger partial charge in [-0.25, -0.2) is 4.79 Å². The zero-order valence-corrected chi connectivity index (χ0v) is 16.2. The fraction of sp³-hybridized carbons (Fsp3) is 0.316. The van der Waals surface area contributed by atoms with Gasteiger partial charge in [-0.3, -0.25) is 4.68 Å². The Morgan fingerprint density at radius 1 is 1.27 bits per heavy atom. The summed E-state index contributed by atoms with van der Waals surface area (Å²) in [5.41, 5.74) is 5.14. The van der Waals surface area contributed by atoms with Crippen molar-refractivity contribution < 1.29 is 4.42 Å². The molecule has 3 aromatic rings. The van der Waals surface area contributed by atoms with E-state index in [1.165, 1.54) is 6.07 Å². The number of nitrogens with one attached hydrogen (secondary N) is 2. The highest BCUT2D eigenvalue weighted by Crippen LogP contribution is 2.20. The van der Waals surface area contributed by atoms with Crippen LogP contribution in [0.25, 0.3) is 11.0 Å². The lowest BCUT2D eigenvalue weighted by molar-refractivity contribution is 0.560. The Morgan fingerprint density at radius 2 is 2.04 bits per heavy atom. The first kappa shape index (κ1) is 18.1. The third-order valence-electron chi connectivity index (χ3n) is 4.47. The third-order valence-corrected chi connectivity index (χ3v) is 4.71. The van der Waals surface area contributed by atoms with Crippen LogP contribution < -0.4 is 16.3 Å². The SMILES string of the molecule is CCn1nc(C)c(CNC(=S)Nc2ccc3c(C)cc(=O)oc3c2)c1C. The second-order valence-electron chi connectivity index (χ2n) is 6.23. The molecule has 0 unspecified atom stereocenters. The molecule has 0 saturated carbocycles. The van der Waals surface area contributed by atoms with Crippen molar-refractivity contribution in [1.29, 1.82) is 0 Å². The Hall–Kier alpha value is -2.67. The largest absolute Gasteiger partial charge is 0.423 e. The van der Waals surface area contributed by atoms with E-state index in [1.807, 2.05) is 30.7 Å². The summed E-state index contributed by atoms with van der Waals surface area (Å²) in [6.07, 6.45) is 0. The van der Waals surface area contributed by atoms with Gasteiger partial charge >= 0.3 is 5.63 Å². The van der Waals surface area contributed by atoms with Crippen molar-refractivity contribution in [3.63, 3.8) is 0 Å². The standard InChI is InChI=1S/C19H22N4O2S/c1-5-23-13(4)16(12(3)22-23)10-20-19(26)21-14-6-7-15-11(2)8-18(24)25-17(15)9-14/h6-9H,5,10H2,1-4H3,(H2,20,21,26). The molecule has 0 atom stereocenters. The van der Waals surface area contributed by atoms with Crippen LogP contribution in [0, 0.1) is 20.8 Å². The van der Waals surface area contributed by atoms with E-state index >= 15 is 0 Å². The van der Waals surface area contributed by atoms with Gasteiger partial charge in [-0.15, -0.1) is 0 Å². The molecule has 2 aromatic heterocycles. The van der Waals surface area contributed by atoms with Crippen molar-refractivity contribution in [3.05, 3.63) is 57.2 Å². The third kappa shape index (κ3) is 3.62. The van der Waals surface area contributed by atoms with Crippen molar-refractivity contribution >= 4 is 34.0 Å². The number of nitrogens with zero attached hydrogens (tertiary/aromatic N) is 2. The molecule has 0 spiro atoms. The van der Waals surface area contributed by atoms with Gasteiger partial charge in [0.2, 0.25) is 0 Å². The number of hydrogen-bond acceptors (Lipinski definition) is 4. The van der Waals surface area contributed by atoms with Crippen molar-refractivity contribution in [3.8, 4) is 0 Å². The Balaban J connectivity index is 1.71. The number of rotatable bonds is 4. The molecule has 0 amide bonds. The van der Waals surface area contributed by atoms with Gasteiger partial charge in [0, 0.05) is 47.6 Å². The molecule has 3 rings (SSSR count). The number of aromatic nitrogens is 2. The van der Waals surface area contributed by atoms with Crippen LogP contribution in [0.15, 0.2) is 33.5 Å². The maximum Gasteiger partial charge on any atom is 0.336 e. The summed E-state index contributed by atoms with van der Waals surface area (Å²) in [5.74, 6) is 0. The molecule has 136 valence electrons. The topological polar surface area (TPSA) is 72.1 Å². The van der Waals surface area contributed by atoms with Crippen LogP contribution in [-0.4, -0.2) is 14.9 Å². The lowest BCUT2D eigenvalue weighted by Gasteiger charge is -2.11. The molecular weight excluding hydrogens is 348 g/mol. The van der Waals surface area contributed by atoms with Crippen LogP contribution in [0.5, 0.6) is 0 Å². The Morgan fingerprint density at radius 3 is 2.73 bits per heavy atom. The van der Waals surface area contributed by atoms with Crippen molar-refractivity contribution in [2.75, 3.05) is 5.32 Å². The first-order valence-corrected chi connectivity index (χ1v) is 8.92. The van der Waals surface area contributed by atoms with Gasteiger partial charge in [0.15, 0.2) is 5.11 Å². The summed E-state index contributed by atoms with van der Waals surface area (Å²) in [6, 6.07) is 7.10. The van der Waals surface area contributed by atoms with Crippen LogP contribution >= 0.6 is 12.2 Å². The molecule has 0 saturated heterocycles. The second kappa shape index (κ2) is 7.29. The molecule has 0 aliphatic carbocycles. The Kier molecular flexibility index (Phi) is 5.08. The minimum Gasteiger partial charge on any atom is -0.423 e. The van der Waals surface area contributed by atoms with Crippen molar-refractivity contribution in [2.45, 2.75) is 40.8 Å². The van der Waals surface area contributed by atoms with Crippen molar-refractivity contribution in [2.24, 2.45) is 0 Å². The zero-order chi connectivity index (χ0) is 18.8. The second-order valence-corrected chi connectivity index (χ2v) is 6.64. The Labute approximate surface area is 157 Å².